The van der Waals surface area contributed by atoms with Crippen LogP contribution in [0, 0.1) is 21.7 Å². The van der Waals surface area contributed by atoms with E-state index in [0.29, 0.717) is 39.6 Å². The fourth-order valence-corrected chi connectivity index (χ4v) is 1.71. The Labute approximate surface area is 279 Å². The zero-order chi connectivity index (χ0) is 30.8. The Morgan fingerprint density at radius 2 is 0.744 bits per heavy atom. The quantitative estimate of drug-likeness (QED) is 0.140. The monoisotopic (exact) mass is 682 g/mol. The molecule has 39 heavy (non-hydrogen) atoms. The number of allylic oxidation sites excluding steroid dienone is 4. The molecular formula is C30H56BaO8. The molecule has 9 heteroatoms. The van der Waals surface area contributed by atoms with Crippen molar-refractivity contribution in [2.45, 2.75) is 83.1 Å². The Morgan fingerprint density at radius 1 is 0.513 bits per heavy atom. The summed E-state index contributed by atoms with van der Waals surface area (Å²) in [6.07, 6.45) is 2.44. The molecule has 0 rings (SSSR count). The molecule has 0 bridgehead atoms. The van der Waals surface area contributed by atoms with Crippen molar-refractivity contribution in [2.24, 2.45) is 21.7 Å². The molecule has 0 saturated carbocycles. The van der Waals surface area contributed by atoms with Crippen molar-refractivity contribution in [3.05, 3.63) is 23.7 Å². The maximum Gasteiger partial charge on any atom is 2.00 e. The molecule has 0 unspecified atom stereocenters. The van der Waals surface area contributed by atoms with Gasteiger partial charge in [0, 0.05) is 25.0 Å². The normalized spacial score (nSPS) is 12.9. The molecule has 0 atom stereocenters. The third-order valence-electron chi connectivity index (χ3n) is 4.72. The molecule has 0 aliphatic rings. The van der Waals surface area contributed by atoms with E-state index in [0.717, 1.165) is 0 Å². The molecule has 0 aliphatic heterocycles. The van der Waals surface area contributed by atoms with Gasteiger partial charge >= 0.3 is 48.9 Å². The first kappa shape index (κ1) is 45.8. The van der Waals surface area contributed by atoms with Crippen LogP contribution in [0.4, 0.5) is 0 Å². The summed E-state index contributed by atoms with van der Waals surface area (Å²) in [5.41, 5.74) is -1.83. The van der Waals surface area contributed by atoms with Crippen molar-refractivity contribution >= 4 is 60.4 Å². The maximum absolute atomic E-state index is 11.4. The van der Waals surface area contributed by atoms with Crippen LogP contribution in [0.3, 0.4) is 0 Å². The summed E-state index contributed by atoms with van der Waals surface area (Å²) < 4.78 is 19.9. The minimum Gasteiger partial charge on any atom is -0.875 e. The zero-order valence-electron chi connectivity index (χ0n) is 27.4. The van der Waals surface area contributed by atoms with Gasteiger partial charge in [-0.1, -0.05) is 83.1 Å². The van der Waals surface area contributed by atoms with Gasteiger partial charge in [-0.2, -0.15) is 0 Å². The number of carbonyl (C=O) groups excluding carboxylic acids is 2. The van der Waals surface area contributed by atoms with E-state index in [1.165, 1.54) is 12.2 Å². The average molecular weight is 682 g/mol. The second kappa shape index (κ2) is 22.4. The van der Waals surface area contributed by atoms with Gasteiger partial charge in [0.15, 0.2) is 11.6 Å². The average Bonchev–Trinajstić information content (AvgIpc) is 2.74. The molecule has 0 radical (unpaired) electrons. The van der Waals surface area contributed by atoms with Crippen molar-refractivity contribution in [1.82, 2.24) is 0 Å². The van der Waals surface area contributed by atoms with Crippen molar-refractivity contribution in [3.8, 4) is 0 Å². The van der Waals surface area contributed by atoms with Gasteiger partial charge in [-0.3, -0.25) is 9.59 Å². The van der Waals surface area contributed by atoms with Crippen LogP contribution in [0.5, 0.6) is 0 Å². The Hall–Kier alpha value is -0.169. The van der Waals surface area contributed by atoms with E-state index in [-0.39, 0.29) is 72.0 Å². The van der Waals surface area contributed by atoms with Crippen LogP contribution >= 0.6 is 0 Å². The molecule has 0 spiro atoms. The largest absolute Gasteiger partial charge is 2.00 e. The number of hydrogen-bond donors (Lipinski definition) is 0. The topological polar surface area (TPSA) is 117 Å². The van der Waals surface area contributed by atoms with Gasteiger partial charge < -0.3 is 29.2 Å². The number of methoxy groups -OCH3 is 2. The van der Waals surface area contributed by atoms with Gasteiger partial charge in [0.05, 0.1) is 39.6 Å². The van der Waals surface area contributed by atoms with E-state index in [4.69, 9.17) is 18.9 Å². The van der Waals surface area contributed by atoms with Crippen LogP contribution < -0.4 is 10.2 Å². The minimum atomic E-state index is -0.457. The standard InChI is InChI=1S/2C11H20O2.C8H18O4.Ba/c2*1-10(2,3)8(12)7-9(13)11(4,5)6;1-9-3-5-11-7-8-12-6-4-10-2;/h2*7,12H,1-6H3;3-8H2,1-2H3;/q;;;+2/p-2/b2*8-7+;;. The van der Waals surface area contributed by atoms with E-state index in [9.17, 15) is 19.8 Å². The van der Waals surface area contributed by atoms with Crippen LogP contribution in [0.1, 0.15) is 83.1 Å². The molecule has 0 aliphatic carbocycles. The molecule has 0 aromatic rings. The third kappa shape index (κ3) is 29.1. The third-order valence-corrected chi connectivity index (χ3v) is 4.72. The van der Waals surface area contributed by atoms with Crippen LogP contribution in [-0.4, -0.2) is 114 Å². The Morgan fingerprint density at radius 3 is 0.923 bits per heavy atom. The van der Waals surface area contributed by atoms with E-state index in [1.807, 2.05) is 83.1 Å². The number of rotatable bonds is 11. The summed E-state index contributed by atoms with van der Waals surface area (Å²) in [5, 5.41) is 22.9. The molecule has 0 saturated heterocycles. The molecule has 0 aromatic heterocycles. The first-order chi connectivity index (χ1) is 17.0. The van der Waals surface area contributed by atoms with Crippen molar-refractivity contribution < 1.29 is 38.7 Å². The van der Waals surface area contributed by atoms with Gasteiger partial charge in [0.25, 0.3) is 0 Å². The van der Waals surface area contributed by atoms with E-state index in [2.05, 4.69) is 0 Å². The van der Waals surface area contributed by atoms with E-state index >= 15 is 0 Å². The number of hydrogen-bond acceptors (Lipinski definition) is 8. The predicted molar refractivity (Wildman–Crippen MR) is 155 cm³/mol. The van der Waals surface area contributed by atoms with Crippen molar-refractivity contribution in [1.29, 1.82) is 0 Å². The SMILES string of the molecule is CC(C)(C)C(=O)/C=C(/[O-])C(C)(C)C.CC(C)(C)C(=O)/C=C(/[O-])C(C)(C)C.COCCOCCOCCOC.[Ba+2]. The van der Waals surface area contributed by atoms with Crippen LogP contribution in [0.25, 0.3) is 0 Å². The van der Waals surface area contributed by atoms with Crippen LogP contribution in [-0.2, 0) is 28.5 Å². The van der Waals surface area contributed by atoms with Gasteiger partial charge in [0.2, 0.25) is 0 Å². The summed E-state index contributed by atoms with van der Waals surface area (Å²) in [6, 6.07) is 0. The fraction of sp³-hybridized carbons (Fsp3) is 0.800. The second-order valence-corrected chi connectivity index (χ2v) is 13.0. The first-order valence-electron chi connectivity index (χ1n) is 13.0. The summed E-state index contributed by atoms with van der Waals surface area (Å²) in [5.74, 6) is -0.417. The minimum absolute atomic E-state index is 0. The zero-order valence-corrected chi connectivity index (χ0v) is 31.8. The van der Waals surface area contributed by atoms with E-state index < -0.39 is 21.7 Å². The summed E-state index contributed by atoms with van der Waals surface area (Å²) in [7, 11) is 3.30. The van der Waals surface area contributed by atoms with Gasteiger partial charge in [-0.25, -0.2) is 0 Å². The molecule has 0 fully saturated rings. The number of ether oxygens (including phenoxy) is 4. The predicted octanol–water partition coefficient (Wildman–Crippen LogP) is 3.72. The summed E-state index contributed by atoms with van der Waals surface area (Å²) in [6.45, 7) is 25.5. The summed E-state index contributed by atoms with van der Waals surface area (Å²) in [4.78, 5) is 22.9. The Bertz CT molecular complexity index is 653. The van der Waals surface area contributed by atoms with Gasteiger partial charge in [-0.15, -0.1) is 11.5 Å². The molecule has 0 amide bonds. The van der Waals surface area contributed by atoms with Crippen LogP contribution in [0.2, 0.25) is 0 Å². The van der Waals surface area contributed by atoms with Crippen LogP contribution in [0.15, 0.2) is 23.7 Å². The first-order valence-corrected chi connectivity index (χ1v) is 13.0. The Balaban J connectivity index is -0.000000233. The second-order valence-electron chi connectivity index (χ2n) is 13.0. The van der Waals surface area contributed by atoms with Crippen molar-refractivity contribution in [3.63, 3.8) is 0 Å². The molecule has 0 aromatic carbocycles. The molecule has 0 N–H and O–H groups in total. The molecule has 0 heterocycles. The smallest absolute Gasteiger partial charge is 0.875 e. The van der Waals surface area contributed by atoms with Gasteiger partial charge in [-0.05, 0) is 23.0 Å². The number of carbonyl (C=O) groups is 2. The summed E-state index contributed by atoms with van der Waals surface area (Å²) >= 11 is 0. The van der Waals surface area contributed by atoms with E-state index in [1.54, 1.807) is 14.2 Å². The van der Waals surface area contributed by atoms with Crippen molar-refractivity contribution in [2.75, 3.05) is 53.9 Å². The molecule has 8 nitrogen and oxygen atoms in total. The molecule has 226 valence electrons. The fourth-order valence-electron chi connectivity index (χ4n) is 1.71. The van der Waals surface area contributed by atoms with Gasteiger partial charge in [0.1, 0.15) is 0 Å². The number of ketones is 2. The maximum atomic E-state index is 11.4. The Kier molecular flexibility index (Phi) is 26.3. The molecular weight excluding hydrogens is 626 g/mol.